The number of benzene rings is 1. The highest BCUT2D eigenvalue weighted by Gasteiger charge is 2.20. The van der Waals surface area contributed by atoms with Crippen LogP contribution < -0.4 is 0 Å². The number of amides is 1. The second-order valence-electron chi connectivity index (χ2n) is 5.55. The molecular weight excluding hydrogens is 294 g/mol. The smallest absolute Gasteiger partial charge is 0.261 e. The van der Waals surface area contributed by atoms with E-state index in [9.17, 15) is 4.79 Å². The molecule has 0 N–H and O–H groups in total. The predicted molar refractivity (Wildman–Crippen MR) is 82.1 cm³/mol. The van der Waals surface area contributed by atoms with Crippen LogP contribution >= 0.6 is 0 Å². The molecular formula is C17H15N3O3. The number of likely N-dealkylation sites (tertiary alicyclic amines) is 1. The summed E-state index contributed by atoms with van der Waals surface area (Å²) in [5.41, 5.74) is 2.73. The first-order valence-electron chi connectivity index (χ1n) is 7.53. The quantitative estimate of drug-likeness (QED) is 0.740. The van der Waals surface area contributed by atoms with Crippen LogP contribution in [-0.4, -0.2) is 27.5 Å². The summed E-state index contributed by atoms with van der Waals surface area (Å²) in [7, 11) is 0. The monoisotopic (exact) mass is 309 g/mol. The fourth-order valence-corrected chi connectivity index (χ4v) is 2.69. The molecule has 2 aromatic heterocycles. The fraction of sp³-hybridized carbons (Fsp3) is 0.235. The number of carbonyl (C=O) groups excluding carboxylic acids is 1. The van der Waals surface area contributed by atoms with Crippen molar-refractivity contribution < 1.29 is 13.7 Å². The predicted octanol–water partition coefficient (Wildman–Crippen LogP) is 3.12. The molecule has 3 heterocycles. The molecule has 1 fully saturated rings. The summed E-state index contributed by atoms with van der Waals surface area (Å²) in [6, 6.07) is 9.65. The van der Waals surface area contributed by atoms with Gasteiger partial charge in [-0.25, -0.2) is 0 Å². The number of furan rings is 1. The summed E-state index contributed by atoms with van der Waals surface area (Å²) in [6.45, 7) is 1.51. The summed E-state index contributed by atoms with van der Waals surface area (Å²) >= 11 is 0. The standard InChI is InChI=1S/C17H15N3O3/c21-15-2-1-8-20(15)10-12-3-5-13(6-4-12)16-18-17(23-19-16)14-7-9-22-11-14/h3-7,9,11H,1-2,8,10H2. The number of nitrogens with zero attached hydrogens (tertiary/aromatic N) is 3. The summed E-state index contributed by atoms with van der Waals surface area (Å²) in [5.74, 6) is 1.20. The highest BCUT2D eigenvalue weighted by molar-refractivity contribution is 5.78. The molecule has 0 bridgehead atoms. The molecule has 116 valence electrons. The Bertz CT molecular complexity index is 806. The maximum atomic E-state index is 11.7. The van der Waals surface area contributed by atoms with Crippen LogP contribution in [0.2, 0.25) is 0 Å². The lowest BCUT2D eigenvalue weighted by molar-refractivity contribution is -0.128. The van der Waals surface area contributed by atoms with Crippen LogP contribution in [0.15, 0.2) is 51.8 Å². The normalized spacial score (nSPS) is 14.6. The van der Waals surface area contributed by atoms with Crippen LogP contribution in [0.3, 0.4) is 0 Å². The highest BCUT2D eigenvalue weighted by Crippen LogP contribution is 2.23. The van der Waals surface area contributed by atoms with Gasteiger partial charge in [0.15, 0.2) is 0 Å². The third-order valence-corrected chi connectivity index (χ3v) is 3.95. The molecule has 1 aliphatic rings. The van der Waals surface area contributed by atoms with E-state index in [1.165, 1.54) is 0 Å². The third kappa shape index (κ3) is 2.75. The van der Waals surface area contributed by atoms with Crippen molar-refractivity contribution in [3.8, 4) is 22.8 Å². The van der Waals surface area contributed by atoms with Gasteiger partial charge in [0.1, 0.15) is 6.26 Å². The lowest BCUT2D eigenvalue weighted by atomic mass is 10.1. The van der Waals surface area contributed by atoms with E-state index in [2.05, 4.69) is 10.1 Å². The zero-order valence-electron chi connectivity index (χ0n) is 12.4. The topological polar surface area (TPSA) is 72.4 Å². The van der Waals surface area contributed by atoms with E-state index in [1.807, 2.05) is 29.2 Å². The Morgan fingerprint density at radius 2 is 2.00 bits per heavy atom. The Morgan fingerprint density at radius 3 is 2.70 bits per heavy atom. The Kier molecular flexibility index (Phi) is 3.42. The molecule has 3 aromatic rings. The number of carbonyl (C=O) groups is 1. The van der Waals surface area contributed by atoms with Gasteiger partial charge in [0.2, 0.25) is 11.7 Å². The first kappa shape index (κ1) is 13.8. The van der Waals surface area contributed by atoms with E-state index in [1.54, 1.807) is 18.6 Å². The van der Waals surface area contributed by atoms with Gasteiger partial charge in [-0.1, -0.05) is 29.4 Å². The lowest BCUT2D eigenvalue weighted by Crippen LogP contribution is -2.23. The molecule has 1 aliphatic heterocycles. The highest BCUT2D eigenvalue weighted by atomic mass is 16.5. The van der Waals surface area contributed by atoms with Gasteiger partial charge in [-0.15, -0.1) is 0 Å². The van der Waals surface area contributed by atoms with Crippen LogP contribution in [0.4, 0.5) is 0 Å². The van der Waals surface area contributed by atoms with Gasteiger partial charge in [0.25, 0.3) is 5.89 Å². The SMILES string of the molecule is O=C1CCCN1Cc1ccc(-c2noc(-c3ccoc3)n2)cc1. The molecule has 6 nitrogen and oxygen atoms in total. The number of hydrogen-bond acceptors (Lipinski definition) is 5. The molecule has 0 spiro atoms. The summed E-state index contributed by atoms with van der Waals surface area (Å²) in [4.78, 5) is 17.9. The van der Waals surface area contributed by atoms with Crippen molar-refractivity contribution in [1.29, 1.82) is 0 Å². The summed E-state index contributed by atoms with van der Waals surface area (Å²) < 4.78 is 10.3. The molecule has 0 saturated carbocycles. The number of hydrogen-bond donors (Lipinski definition) is 0. The van der Waals surface area contributed by atoms with Crippen LogP contribution in [-0.2, 0) is 11.3 Å². The van der Waals surface area contributed by atoms with Crippen LogP contribution in [0.1, 0.15) is 18.4 Å². The first-order valence-corrected chi connectivity index (χ1v) is 7.53. The molecule has 0 radical (unpaired) electrons. The van der Waals surface area contributed by atoms with E-state index in [-0.39, 0.29) is 5.91 Å². The fourth-order valence-electron chi connectivity index (χ4n) is 2.69. The van der Waals surface area contributed by atoms with Gasteiger partial charge in [0, 0.05) is 25.1 Å². The van der Waals surface area contributed by atoms with Gasteiger partial charge in [-0.3, -0.25) is 4.79 Å². The largest absolute Gasteiger partial charge is 0.472 e. The molecule has 1 saturated heterocycles. The Morgan fingerprint density at radius 1 is 1.13 bits per heavy atom. The van der Waals surface area contributed by atoms with Crippen molar-refractivity contribution in [2.75, 3.05) is 6.54 Å². The minimum absolute atomic E-state index is 0.233. The third-order valence-electron chi connectivity index (χ3n) is 3.95. The first-order chi connectivity index (χ1) is 11.3. The van der Waals surface area contributed by atoms with Gasteiger partial charge in [-0.05, 0) is 18.1 Å². The maximum absolute atomic E-state index is 11.7. The summed E-state index contributed by atoms with van der Waals surface area (Å²) in [6.07, 6.45) is 4.75. The second kappa shape index (κ2) is 5.72. The van der Waals surface area contributed by atoms with Crippen molar-refractivity contribution in [1.82, 2.24) is 15.0 Å². The van der Waals surface area contributed by atoms with Crippen LogP contribution in [0, 0.1) is 0 Å². The molecule has 4 rings (SSSR count). The van der Waals surface area contributed by atoms with Crippen LogP contribution in [0.25, 0.3) is 22.8 Å². The van der Waals surface area contributed by atoms with Gasteiger partial charge >= 0.3 is 0 Å². The van der Waals surface area contributed by atoms with E-state index in [0.717, 1.165) is 29.7 Å². The average molecular weight is 309 g/mol. The van der Waals surface area contributed by atoms with Crippen molar-refractivity contribution in [3.05, 3.63) is 48.4 Å². The molecule has 6 heteroatoms. The van der Waals surface area contributed by atoms with Crippen molar-refractivity contribution in [3.63, 3.8) is 0 Å². The van der Waals surface area contributed by atoms with Gasteiger partial charge < -0.3 is 13.8 Å². The van der Waals surface area contributed by atoms with Crippen molar-refractivity contribution in [2.45, 2.75) is 19.4 Å². The number of rotatable bonds is 4. The zero-order valence-corrected chi connectivity index (χ0v) is 12.4. The van der Waals surface area contributed by atoms with Crippen LogP contribution in [0.5, 0.6) is 0 Å². The van der Waals surface area contributed by atoms with E-state index in [0.29, 0.717) is 24.7 Å². The minimum atomic E-state index is 0.233. The molecule has 1 aromatic carbocycles. The Labute approximate surface area is 132 Å². The lowest BCUT2D eigenvalue weighted by Gasteiger charge is -2.15. The van der Waals surface area contributed by atoms with Gasteiger partial charge in [0.05, 0.1) is 11.8 Å². The maximum Gasteiger partial charge on any atom is 0.261 e. The summed E-state index contributed by atoms with van der Waals surface area (Å²) in [5, 5.41) is 4.00. The minimum Gasteiger partial charge on any atom is -0.472 e. The zero-order chi connectivity index (χ0) is 15.6. The number of aromatic nitrogens is 2. The van der Waals surface area contributed by atoms with E-state index >= 15 is 0 Å². The van der Waals surface area contributed by atoms with E-state index < -0.39 is 0 Å². The van der Waals surface area contributed by atoms with Crippen molar-refractivity contribution >= 4 is 5.91 Å². The van der Waals surface area contributed by atoms with E-state index in [4.69, 9.17) is 8.94 Å². The second-order valence-corrected chi connectivity index (χ2v) is 5.55. The molecule has 0 atom stereocenters. The van der Waals surface area contributed by atoms with Crippen molar-refractivity contribution in [2.24, 2.45) is 0 Å². The Balaban J connectivity index is 1.51. The van der Waals surface area contributed by atoms with Gasteiger partial charge in [-0.2, -0.15) is 4.98 Å². The molecule has 23 heavy (non-hydrogen) atoms. The molecule has 0 unspecified atom stereocenters. The average Bonchev–Trinajstić information content (AvgIpc) is 3.30. The molecule has 0 aliphatic carbocycles. The molecule has 1 amide bonds. The Hall–Kier alpha value is -2.89.